The Morgan fingerprint density at radius 1 is 1.08 bits per heavy atom. The van der Waals surface area contributed by atoms with Crippen molar-refractivity contribution in [3.05, 3.63) is 22.9 Å². The highest BCUT2D eigenvalue weighted by Gasteiger charge is 2.49. The number of methoxy groups -OCH3 is 3. The first-order valence-electron chi connectivity index (χ1n) is 7.54. The van der Waals surface area contributed by atoms with Crippen LogP contribution in [0.15, 0.2) is 22.9 Å². The van der Waals surface area contributed by atoms with Gasteiger partial charge in [-0.2, -0.15) is 0 Å². The summed E-state index contributed by atoms with van der Waals surface area (Å²) in [5.41, 5.74) is -0.158. The highest BCUT2D eigenvalue weighted by molar-refractivity contribution is 6.10. The van der Waals surface area contributed by atoms with Crippen molar-refractivity contribution < 1.29 is 38.1 Å². The van der Waals surface area contributed by atoms with E-state index in [1.54, 1.807) is 13.8 Å². The number of hydrogen-bond acceptors (Lipinski definition) is 9. The minimum absolute atomic E-state index is 0.159. The Labute approximate surface area is 144 Å². The summed E-state index contributed by atoms with van der Waals surface area (Å²) in [6, 6.07) is 0. The lowest BCUT2D eigenvalue weighted by molar-refractivity contribution is -0.147. The molecule has 2 saturated heterocycles. The van der Waals surface area contributed by atoms with Crippen molar-refractivity contribution >= 4 is 17.9 Å². The number of esters is 3. The third kappa shape index (κ3) is 3.83. The standard InChI is InChI=1S/C16H21NO8/c1-16(2)24-9-7-17-12(13(9)25-16)11(15(20)23-5)8(14(19)22-4)6-10(18)21-3/h6,9,13,17H,7H2,1-5H3/b8-6-,12-11+/t9-,13-/m1/s1. The number of nitrogens with one attached hydrogen (secondary N) is 1. The van der Waals surface area contributed by atoms with Gasteiger partial charge in [0.2, 0.25) is 0 Å². The van der Waals surface area contributed by atoms with Crippen LogP contribution in [0.3, 0.4) is 0 Å². The molecule has 2 atom stereocenters. The number of rotatable bonds is 4. The quantitative estimate of drug-likeness (QED) is 0.417. The summed E-state index contributed by atoms with van der Waals surface area (Å²) in [7, 11) is 3.45. The summed E-state index contributed by atoms with van der Waals surface area (Å²) < 4.78 is 25.6. The van der Waals surface area contributed by atoms with Crippen LogP contribution in [-0.4, -0.2) is 63.8 Å². The van der Waals surface area contributed by atoms with Gasteiger partial charge in [-0.25, -0.2) is 14.4 Å². The molecule has 0 aromatic carbocycles. The second-order valence-corrected chi connectivity index (χ2v) is 5.83. The minimum Gasteiger partial charge on any atom is -0.466 e. The minimum atomic E-state index is -0.887. The summed E-state index contributed by atoms with van der Waals surface area (Å²) in [5, 5.41) is 2.99. The zero-order valence-electron chi connectivity index (χ0n) is 14.7. The summed E-state index contributed by atoms with van der Waals surface area (Å²) in [4.78, 5) is 36.2. The van der Waals surface area contributed by atoms with Crippen molar-refractivity contribution in [3.63, 3.8) is 0 Å². The highest BCUT2D eigenvalue weighted by atomic mass is 16.8. The monoisotopic (exact) mass is 355 g/mol. The van der Waals surface area contributed by atoms with E-state index >= 15 is 0 Å². The van der Waals surface area contributed by atoms with E-state index in [1.807, 2.05) is 0 Å². The molecule has 0 spiro atoms. The molecule has 9 nitrogen and oxygen atoms in total. The largest absolute Gasteiger partial charge is 0.466 e. The third-order valence-electron chi connectivity index (χ3n) is 3.76. The van der Waals surface area contributed by atoms with Crippen LogP contribution in [0, 0.1) is 0 Å². The fourth-order valence-electron chi connectivity index (χ4n) is 2.76. The third-order valence-corrected chi connectivity index (χ3v) is 3.76. The fourth-order valence-corrected chi connectivity index (χ4v) is 2.76. The van der Waals surface area contributed by atoms with E-state index in [-0.39, 0.29) is 17.3 Å². The molecule has 2 aliphatic rings. The van der Waals surface area contributed by atoms with Gasteiger partial charge in [-0.15, -0.1) is 0 Å². The number of fused-ring (bicyclic) bond motifs is 1. The predicted octanol–water partition coefficient (Wildman–Crippen LogP) is -0.191. The van der Waals surface area contributed by atoms with Crippen LogP contribution in [-0.2, 0) is 38.1 Å². The number of hydrogen-bond donors (Lipinski definition) is 1. The van der Waals surface area contributed by atoms with Crippen LogP contribution in [0.4, 0.5) is 0 Å². The van der Waals surface area contributed by atoms with Crippen LogP contribution >= 0.6 is 0 Å². The molecule has 0 aliphatic carbocycles. The van der Waals surface area contributed by atoms with E-state index in [1.165, 1.54) is 0 Å². The van der Waals surface area contributed by atoms with Gasteiger partial charge in [0.15, 0.2) is 5.79 Å². The summed E-state index contributed by atoms with van der Waals surface area (Å²) in [6.07, 6.45) is -0.0856. The van der Waals surface area contributed by atoms with Crippen LogP contribution in [0.1, 0.15) is 13.8 Å². The average Bonchev–Trinajstić information content (AvgIpc) is 3.08. The Kier molecular flexibility index (Phi) is 5.48. The highest BCUT2D eigenvalue weighted by Crippen LogP contribution is 2.37. The van der Waals surface area contributed by atoms with E-state index in [2.05, 4.69) is 14.8 Å². The second kappa shape index (κ2) is 7.24. The molecule has 0 unspecified atom stereocenters. The normalized spacial score (nSPS) is 26.4. The predicted molar refractivity (Wildman–Crippen MR) is 83.0 cm³/mol. The SMILES string of the molecule is COC(=O)/C=C(C(=O)OC)/C(C(=O)OC)=C1\NC[C@H]2OC(C)(C)O[C@@H]12. The Bertz CT molecular complexity index is 649. The molecule has 138 valence electrons. The smallest absolute Gasteiger partial charge is 0.340 e. The Balaban J connectivity index is 2.58. The van der Waals surface area contributed by atoms with Crippen LogP contribution in [0.2, 0.25) is 0 Å². The summed E-state index contributed by atoms with van der Waals surface area (Å²) >= 11 is 0. The molecule has 2 rings (SSSR count). The Morgan fingerprint density at radius 3 is 2.28 bits per heavy atom. The van der Waals surface area contributed by atoms with Crippen LogP contribution < -0.4 is 5.32 Å². The van der Waals surface area contributed by atoms with Gasteiger partial charge in [-0.3, -0.25) is 0 Å². The van der Waals surface area contributed by atoms with E-state index in [4.69, 9.17) is 14.2 Å². The van der Waals surface area contributed by atoms with Gasteiger partial charge in [-0.05, 0) is 13.8 Å². The molecule has 0 radical (unpaired) electrons. The zero-order valence-corrected chi connectivity index (χ0v) is 14.7. The molecule has 25 heavy (non-hydrogen) atoms. The lowest BCUT2D eigenvalue weighted by Gasteiger charge is -2.20. The van der Waals surface area contributed by atoms with Crippen LogP contribution in [0.5, 0.6) is 0 Å². The molecule has 0 amide bonds. The maximum atomic E-state index is 12.4. The molecule has 2 heterocycles. The van der Waals surface area contributed by atoms with Gasteiger partial charge < -0.3 is 29.0 Å². The Morgan fingerprint density at radius 2 is 1.72 bits per heavy atom. The van der Waals surface area contributed by atoms with E-state index in [0.717, 1.165) is 27.4 Å². The summed E-state index contributed by atoms with van der Waals surface area (Å²) in [6.45, 7) is 3.86. The molecule has 0 bridgehead atoms. The number of ether oxygens (including phenoxy) is 5. The zero-order chi connectivity index (χ0) is 18.8. The molecule has 0 saturated carbocycles. The molecule has 0 aromatic rings. The van der Waals surface area contributed by atoms with Crippen molar-refractivity contribution in [3.8, 4) is 0 Å². The van der Waals surface area contributed by atoms with Gasteiger partial charge in [0, 0.05) is 12.6 Å². The van der Waals surface area contributed by atoms with Gasteiger partial charge >= 0.3 is 17.9 Å². The lowest BCUT2D eigenvalue weighted by atomic mass is 10.0. The maximum absolute atomic E-state index is 12.4. The van der Waals surface area contributed by atoms with E-state index < -0.39 is 29.8 Å². The topological polar surface area (TPSA) is 109 Å². The first-order chi connectivity index (χ1) is 11.7. The van der Waals surface area contributed by atoms with Gasteiger partial charge in [0.1, 0.15) is 12.2 Å². The number of carbonyl (C=O) groups is 3. The van der Waals surface area contributed by atoms with Crippen molar-refractivity contribution in [1.29, 1.82) is 0 Å². The van der Waals surface area contributed by atoms with Crippen molar-refractivity contribution in [2.75, 3.05) is 27.9 Å². The lowest BCUT2D eigenvalue weighted by Crippen LogP contribution is -2.29. The number of carbonyl (C=O) groups excluding carboxylic acids is 3. The molecular formula is C16H21NO8. The second-order valence-electron chi connectivity index (χ2n) is 5.83. The molecule has 1 N–H and O–H groups in total. The maximum Gasteiger partial charge on any atom is 0.340 e. The Hall–Kier alpha value is -2.39. The molecular weight excluding hydrogens is 334 g/mol. The van der Waals surface area contributed by atoms with E-state index in [9.17, 15) is 14.4 Å². The molecule has 2 aliphatic heterocycles. The molecule has 2 fully saturated rings. The van der Waals surface area contributed by atoms with Crippen molar-refractivity contribution in [1.82, 2.24) is 5.32 Å². The molecule has 0 aromatic heterocycles. The van der Waals surface area contributed by atoms with Gasteiger partial charge in [0.05, 0.1) is 38.2 Å². The first kappa shape index (κ1) is 18.9. The van der Waals surface area contributed by atoms with Gasteiger partial charge in [0.25, 0.3) is 0 Å². The van der Waals surface area contributed by atoms with Crippen molar-refractivity contribution in [2.45, 2.75) is 31.8 Å². The fraction of sp³-hybridized carbons (Fsp3) is 0.562. The van der Waals surface area contributed by atoms with Gasteiger partial charge in [-0.1, -0.05) is 0 Å². The first-order valence-corrected chi connectivity index (χ1v) is 7.54. The average molecular weight is 355 g/mol. The van der Waals surface area contributed by atoms with Crippen molar-refractivity contribution in [2.24, 2.45) is 0 Å². The molecule has 9 heteroatoms. The van der Waals surface area contributed by atoms with Crippen LogP contribution in [0.25, 0.3) is 0 Å². The van der Waals surface area contributed by atoms with E-state index in [0.29, 0.717) is 12.2 Å². The summed E-state index contributed by atoms with van der Waals surface area (Å²) in [5.74, 6) is -3.37.